The minimum Gasteiger partial charge on any atom is -0.497 e. The van der Waals surface area contributed by atoms with Crippen molar-refractivity contribution in [1.82, 2.24) is 9.80 Å². The van der Waals surface area contributed by atoms with Gasteiger partial charge in [0.15, 0.2) is 0 Å². The summed E-state index contributed by atoms with van der Waals surface area (Å²) in [7, 11) is 3.45. The van der Waals surface area contributed by atoms with Gasteiger partial charge < -0.3 is 19.3 Å². The summed E-state index contributed by atoms with van der Waals surface area (Å²) in [5, 5.41) is 0. The zero-order valence-corrected chi connectivity index (χ0v) is 18.6. The van der Waals surface area contributed by atoms with Crippen LogP contribution >= 0.6 is 0 Å². The molecule has 0 aromatic heterocycles. The van der Waals surface area contributed by atoms with Crippen molar-refractivity contribution >= 4 is 11.8 Å². The SMILES string of the molecule is CCC(CC)C(=O)N1C[C@@H]2Oc3cc(-c4cccc(OC)c4)ccc3C(=O)N(C)[C@@H]2C1. The molecule has 4 rings (SSSR count). The molecule has 0 aliphatic carbocycles. The highest BCUT2D eigenvalue weighted by atomic mass is 16.5. The predicted octanol–water partition coefficient (Wildman–Crippen LogP) is 3.84. The van der Waals surface area contributed by atoms with E-state index in [0.29, 0.717) is 24.4 Å². The lowest BCUT2D eigenvalue weighted by Gasteiger charge is -2.25. The molecule has 6 heteroatoms. The van der Waals surface area contributed by atoms with Crippen molar-refractivity contribution < 1.29 is 19.1 Å². The highest BCUT2D eigenvalue weighted by Crippen LogP contribution is 2.35. The molecule has 1 saturated heterocycles. The lowest BCUT2D eigenvalue weighted by Crippen LogP contribution is -2.44. The first kappa shape index (κ1) is 21.2. The molecule has 2 aromatic rings. The number of hydrogen-bond donors (Lipinski definition) is 0. The second-order valence-electron chi connectivity index (χ2n) is 8.34. The lowest BCUT2D eigenvalue weighted by atomic mass is 10.0. The van der Waals surface area contributed by atoms with Gasteiger partial charge in [-0.1, -0.05) is 32.0 Å². The summed E-state index contributed by atoms with van der Waals surface area (Å²) in [4.78, 5) is 29.7. The summed E-state index contributed by atoms with van der Waals surface area (Å²) < 4.78 is 11.7. The van der Waals surface area contributed by atoms with Crippen molar-refractivity contribution in [3.63, 3.8) is 0 Å². The molecule has 0 saturated carbocycles. The van der Waals surface area contributed by atoms with E-state index in [9.17, 15) is 9.59 Å². The Morgan fingerprint density at radius 3 is 2.58 bits per heavy atom. The number of rotatable bonds is 5. The van der Waals surface area contributed by atoms with E-state index in [2.05, 4.69) is 0 Å². The fraction of sp³-hybridized carbons (Fsp3) is 0.440. The first-order valence-corrected chi connectivity index (χ1v) is 11.0. The molecule has 31 heavy (non-hydrogen) atoms. The Labute approximate surface area is 183 Å². The Morgan fingerprint density at radius 2 is 1.87 bits per heavy atom. The standard InChI is InChI=1S/C25H30N2O4/c1-5-16(6-2)24(28)27-14-21-23(15-27)31-22-13-18(10-11-20(22)25(29)26(21)3)17-8-7-9-19(12-17)30-4/h7-13,16,21,23H,5-6,14-15H2,1-4H3/t21-,23+/m1/s1. The van der Waals surface area contributed by atoms with Crippen molar-refractivity contribution in [3.05, 3.63) is 48.0 Å². The quantitative estimate of drug-likeness (QED) is 0.735. The van der Waals surface area contributed by atoms with Crippen LogP contribution in [0.1, 0.15) is 37.0 Å². The third-order valence-corrected chi connectivity index (χ3v) is 6.59. The van der Waals surface area contributed by atoms with Crippen molar-refractivity contribution in [2.45, 2.75) is 38.8 Å². The van der Waals surface area contributed by atoms with Crippen molar-refractivity contribution in [2.75, 3.05) is 27.2 Å². The van der Waals surface area contributed by atoms with E-state index < -0.39 is 0 Å². The average molecular weight is 423 g/mol. The third kappa shape index (κ3) is 3.87. The van der Waals surface area contributed by atoms with E-state index in [4.69, 9.17) is 9.47 Å². The van der Waals surface area contributed by atoms with Crippen LogP contribution in [0.15, 0.2) is 42.5 Å². The van der Waals surface area contributed by atoms with Crippen LogP contribution in [0.4, 0.5) is 0 Å². The smallest absolute Gasteiger partial charge is 0.257 e. The molecular weight excluding hydrogens is 392 g/mol. The van der Waals surface area contributed by atoms with Gasteiger partial charge in [0.2, 0.25) is 5.91 Å². The van der Waals surface area contributed by atoms with Crippen molar-refractivity contribution in [2.24, 2.45) is 5.92 Å². The number of fused-ring (bicyclic) bond motifs is 2. The highest BCUT2D eigenvalue weighted by molar-refractivity contribution is 5.98. The van der Waals surface area contributed by atoms with Crippen LogP contribution in [0, 0.1) is 5.92 Å². The number of hydrogen-bond acceptors (Lipinski definition) is 4. The van der Waals surface area contributed by atoms with Gasteiger partial charge in [-0.3, -0.25) is 9.59 Å². The maximum Gasteiger partial charge on any atom is 0.257 e. The van der Waals surface area contributed by atoms with Crippen LogP contribution in [0.3, 0.4) is 0 Å². The number of benzene rings is 2. The van der Waals surface area contributed by atoms with E-state index >= 15 is 0 Å². The molecule has 2 aromatic carbocycles. The minimum absolute atomic E-state index is 0.0234. The number of likely N-dealkylation sites (N-methyl/N-ethyl adjacent to an activating group) is 1. The summed E-state index contributed by atoms with van der Waals surface area (Å²) >= 11 is 0. The molecule has 6 nitrogen and oxygen atoms in total. The normalized spacial score (nSPS) is 20.2. The molecule has 0 unspecified atom stereocenters. The Bertz CT molecular complexity index is 985. The lowest BCUT2D eigenvalue weighted by molar-refractivity contribution is -0.135. The highest BCUT2D eigenvalue weighted by Gasteiger charge is 2.44. The number of likely N-dealkylation sites (tertiary alicyclic amines) is 1. The third-order valence-electron chi connectivity index (χ3n) is 6.59. The number of carbonyl (C=O) groups excluding carboxylic acids is 2. The summed E-state index contributed by atoms with van der Waals surface area (Å²) in [5.41, 5.74) is 2.50. The summed E-state index contributed by atoms with van der Waals surface area (Å²) in [6.07, 6.45) is 1.40. The van der Waals surface area contributed by atoms with Crippen LogP contribution in [0.25, 0.3) is 11.1 Å². The Hall–Kier alpha value is -3.02. The van der Waals surface area contributed by atoms with Gasteiger partial charge in [0.1, 0.15) is 17.6 Å². The zero-order chi connectivity index (χ0) is 22.1. The van der Waals surface area contributed by atoms with Gasteiger partial charge in [-0.2, -0.15) is 0 Å². The molecule has 2 atom stereocenters. The van der Waals surface area contributed by atoms with E-state index in [1.54, 1.807) is 19.1 Å². The Balaban J connectivity index is 1.64. The number of nitrogens with zero attached hydrogens (tertiary/aromatic N) is 2. The first-order valence-electron chi connectivity index (χ1n) is 11.0. The molecule has 2 amide bonds. The fourth-order valence-corrected chi connectivity index (χ4v) is 4.60. The van der Waals surface area contributed by atoms with Gasteiger partial charge >= 0.3 is 0 Å². The van der Waals surface area contributed by atoms with Crippen LogP contribution < -0.4 is 9.47 Å². The Morgan fingerprint density at radius 1 is 1.13 bits per heavy atom. The van der Waals surface area contributed by atoms with Gasteiger partial charge in [0.05, 0.1) is 25.3 Å². The van der Waals surface area contributed by atoms with Crippen molar-refractivity contribution in [3.8, 4) is 22.6 Å². The number of carbonyl (C=O) groups is 2. The zero-order valence-electron chi connectivity index (χ0n) is 18.6. The largest absolute Gasteiger partial charge is 0.497 e. The molecule has 2 aliphatic rings. The minimum atomic E-state index is -0.242. The van der Waals surface area contributed by atoms with Crippen molar-refractivity contribution in [1.29, 1.82) is 0 Å². The summed E-state index contributed by atoms with van der Waals surface area (Å²) in [5.74, 6) is 1.46. The van der Waals surface area contributed by atoms with E-state index in [1.807, 2.05) is 61.2 Å². The molecule has 1 fully saturated rings. The fourth-order valence-electron chi connectivity index (χ4n) is 4.60. The summed E-state index contributed by atoms with van der Waals surface area (Å²) in [6, 6.07) is 13.3. The van der Waals surface area contributed by atoms with Gasteiger partial charge in [-0.25, -0.2) is 0 Å². The second kappa shape index (κ2) is 8.61. The van der Waals surface area contributed by atoms with Crippen LogP contribution in [-0.2, 0) is 4.79 Å². The molecule has 0 radical (unpaired) electrons. The first-order chi connectivity index (χ1) is 15.0. The van der Waals surface area contributed by atoms with Crippen LogP contribution in [-0.4, -0.2) is 61.0 Å². The monoisotopic (exact) mass is 422 g/mol. The molecule has 0 N–H and O–H groups in total. The maximum atomic E-state index is 13.2. The predicted molar refractivity (Wildman–Crippen MR) is 119 cm³/mol. The van der Waals surface area contributed by atoms with E-state index in [0.717, 1.165) is 29.7 Å². The van der Waals surface area contributed by atoms with Crippen LogP contribution in [0.5, 0.6) is 11.5 Å². The Kier molecular flexibility index (Phi) is 5.90. The molecule has 2 heterocycles. The number of ether oxygens (including phenoxy) is 2. The number of amides is 2. The topological polar surface area (TPSA) is 59.1 Å². The van der Waals surface area contributed by atoms with Gasteiger partial charge in [-0.15, -0.1) is 0 Å². The average Bonchev–Trinajstić information content (AvgIpc) is 3.19. The molecule has 164 valence electrons. The molecule has 0 spiro atoms. The second-order valence-corrected chi connectivity index (χ2v) is 8.34. The van der Waals surface area contributed by atoms with E-state index in [-0.39, 0.29) is 29.9 Å². The van der Waals surface area contributed by atoms with Crippen LogP contribution in [0.2, 0.25) is 0 Å². The molecular formula is C25H30N2O4. The van der Waals surface area contributed by atoms with E-state index in [1.165, 1.54) is 0 Å². The maximum absolute atomic E-state index is 13.2. The summed E-state index contributed by atoms with van der Waals surface area (Å²) in [6.45, 7) is 5.10. The van der Waals surface area contributed by atoms with Gasteiger partial charge in [0, 0.05) is 19.5 Å². The van der Waals surface area contributed by atoms with Gasteiger partial charge in [0.25, 0.3) is 5.91 Å². The molecule has 0 bridgehead atoms. The molecule has 2 aliphatic heterocycles. The van der Waals surface area contributed by atoms with Gasteiger partial charge in [-0.05, 0) is 48.2 Å². The number of methoxy groups -OCH3 is 1.